The molecule has 0 bridgehead atoms. The van der Waals surface area contributed by atoms with Crippen LogP contribution in [0.15, 0.2) is 39.8 Å². The Morgan fingerprint density at radius 1 is 1.04 bits per heavy atom. The predicted molar refractivity (Wildman–Crippen MR) is 93.2 cm³/mol. The van der Waals surface area contributed by atoms with Crippen molar-refractivity contribution in [3.8, 4) is 0 Å². The van der Waals surface area contributed by atoms with E-state index in [2.05, 4.69) is 20.9 Å². The van der Waals surface area contributed by atoms with Crippen molar-refractivity contribution < 1.29 is 17.2 Å². The Labute approximate surface area is 153 Å². The fraction of sp³-hybridized carbons (Fsp3) is 0. The number of hydrogen-bond donors (Lipinski definition) is 2. The fourth-order valence-electron chi connectivity index (χ4n) is 2.11. The summed E-state index contributed by atoms with van der Waals surface area (Å²) < 4.78 is 54.8. The highest BCUT2D eigenvalue weighted by Gasteiger charge is 2.22. The smallest absolute Gasteiger partial charge is 0.264 e. The van der Waals surface area contributed by atoms with E-state index in [4.69, 9.17) is 23.2 Å². The van der Waals surface area contributed by atoms with Gasteiger partial charge < -0.3 is 4.98 Å². The monoisotopic (exact) mass is 454 g/mol. The average Bonchev–Trinajstić information content (AvgIpc) is 2.88. The molecule has 3 rings (SSSR count). The van der Waals surface area contributed by atoms with E-state index in [-0.39, 0.29) is 4.90 Å². The number of benzene rings is 2. The Bertz CT molecular complexity index is 1070. The van der Waals surface area contributed by atoms with E-state index in [0.29, 0.717) is 32.5 Å². The molecule has 2 aromatic carbocycles. The Morgan fingerprint density at radius 2 is 1.75 bits per heavy atom. The van der Waals surface area contributed by atoms with Crippen LogP contribution in [0.5, 0.6) is 0 Å². The zero-order chi connectivity index (χ0) is 17.6. The maximum atomic E-state index is 13.8. The Hall–Kier alpha value is -1.35. The highest BCUT2D eigenvalue weighted by Crippen LogP contribution is 2.33. The van der Waals surface area contributed by atoms with E-state index in [1.54, 1.807) is 6.07 Å². The van der Waals surface area contributed by atoms with Crippen molar-refractivity contribution in [3.05, 3.63) is 56.6 Å². The van der Waals surface area contributed by atoms with E-state index in [1.165, 1.54) is 12.3 Å². The second kappa shape index (κ2) is 6.18. The van der Waals surface area contributed by atoms with Crippen molar-refractivity contribution in [1.29, 1.82) is 0 Å². The van der Waals surface area contributed by atoms with E-state index in [1.807, 2.05) is 4.72 Å². The van der Waals surface area contributed by atoms with Crippen LogP contribution < -0.4 is 4.72 Å². The zero-order valence-electron chi connectivity index (χ0n) is 11.5. The molecule has 2 N–H and O–H groups in total. The van der Waals surface area contributed by atoms with Gasteiger partial charge in [0, 0.05) is 27.6 Å². The molecule has 0 spiro atoms. The van der Waals surface area contributed by atoms with Gasteiger partial charge in [0.15, 0.2) is 0 Å². The van der Waals surface area contributed by atoms with Crippen molar-refractivity contribution >= 4 is 65.7 Å². The van der Waals surface area contributed by atoms with Crippen LogP contribution in [0.4, 0.5) is 14.5 Å². The van der Waals surface area contributed by atoms with Crippen molar-refractivity contribution in [2.24, 2.45) is 0 Å². The Kier molecular flexibility index (Phi) is 4.50. The SMILES string of the molecule is O=S(=O)(Nc1cc(F)c(Cl)cc1F)c1c[nH]c2cc(Cl)c(Br)cc12. The normalized spacial score (nSPS) is 11.9. The van der Waals surface area contributed by atoms with Crippen LogP contribution in [0.25, 0.3) is 10.9 Å². The molecule has 0 saturated carbocycles. The minimum Gasteiger partial charge on any atom is -0.360 e. The summed E-state index contributed by atoms with van der Waals surface area (Å²) in [5, 5.41) is 0.293. The lowest BCUT2D eigenvalue weighted by molar-refractivity contribution is 0.595. The third kappa shape index (κ3) is 3.11. The largest absolute Gasteiger partial charge is 0.360 e. The van der Waals surface area contributed by atoms with Crippen LogP contribution in [-0.4, -0.2) is 13.4 Å². The summed E-state index contributed by atoms with van der Waals surface area (Å²) in [5.74, 6) is -1.93. The molecule has 0 aliphatic carbocycles. The van der Waals surface area contributed by atoms with E-state index in [9.17, 15) is 17.2 Å². The summed E-state index contributed by atoms with van der Waals surface area (Å²) in [6.45, 7) is 0. The standard InChI is InChI=1S/C14H7BrCl2F2N2O2S/c15-7-1-6-12(3-8(7)16)20-5-14(6)24(22,23)21-13-4-10(18)9(17)2-11(13)19/h1-5,20-21H. The molecule has 3 aromatic rings. The summed E-state index contributed by atoms with van der Waals surface area (Å²) in [4.78, 5) is 2.64. The molecular weight excluding hydrogens is 449 g/mol. The number of fused-ring (bicyclic) bond motifs is 1. The van der Waals surface area contributed by atoms with Gasteiger partial charge in [-0.25, -0.2) is 17.2 Å². The summed E-state index contributed by atoms with van der Waals surface area (Å²) in [7, 11) is -4.17. The summed E-state index contributed by atoms with van der Waals surface area (Å²) in [6.07, 6.45) is 1.24. The highest BCUT2D eigenvalue weighted by molar-refractivity contribution is 9.10. The van der Waals surface area contributed by atoms with Gasteiger partial charge in [-0.1, -0.05) is 23.2 Å². The molecule has 1 aromatic heterocycles. The maximum absolute atomic E-state index is 13.8. The molecular formula is C14H7BrCl2F2N2O2S. The van der Waals surface area contributed by atoms with Crippen LogP contribution in [-0.2, 0) is 10.0 Å². The Balaban J connectivity index is 2.09. The number of sulfonamides is 1. The molecule has 0 fully saturated rings. The van der Waals surface area contributed by atoms with Crippen molar-refractivity contribution in [1.82, 2.24) is 4.98 Å². The van der Waals surface area contributed by atoms with Gasteiger partial charge in [0.05, 0.1) is 15.7 Å². The molecule has 0 aliphatic rings. The molecule has 0 unspecified atom stereocenters. The van der Waals surface area contributed by atoms with Crippen molar-refractivity contribution in [2.45, 2.75) is 4.90 Å². The van der Waals surface area contributed by atoms with Gasteiger partial charge in [0.1, 0.15) is 16.5 Å². The first-order chi connectivity index (χ1) is 11.2. The average molecular weight is 456 g/mol. The summed E-state index contributed by atoms with van der Waals surface area (Å²) in [6, 6.07) is 4.43. The number of hydrogen-bond acceptors (Lipinski definition) is 2. The van der Waals surface area contributed by atoms with Crippen LogP contribution >= 0.6 is 39.1 Å². The number of aromatic nitrogens is 1. The summed E-state index contributed by atoms with van der Waals surface area (Å²) >= 11 is 14.6. The highest BCUT2D eigenvalue weighted by atomic mass is 79.9. The number of aromatic amines is 1. The van der Waals surface area contributed by atoms with E-state index >= 15 is 0 Å². The minimum absolute atomic E-state index is 0.135. The maximum Gasteiger partial charge on any atom is 0.264 e. The van der Waals surface area contributed by atoms with Gasteiger partial charge in [-0.2, -0.15) is 0 Å². The third-order valence-electron chi connectivity index (χ3n) is 3.23. The molecule has 0 aliphatic heterocycles. The minimum atomic E-state index is -4.17. The first-order valence-corrected chi connectivity index (χ1v) is 9.36. The topological polar surface area (TPSA) is 62.0 Å². The van der Waals surface area contributed by atoms with Gasteiger partial charge >= 0.3 is 0 Å². The second-order valence-electron chi connectivity index (χ2n) is 4.82. The number of halogens is 5. The molecule has 24 heavy (non-hydrogen) atoms. The lowest BCUT2D eigenvalue weighted by Gasteiger charge is -2.09. The van der Waals surface area contributed by atoms with E-state index < -0.39 is 32.4 Å². The second-order valence-corrected chi connectivity index (χ2v) is 8.14. The molecule has 0 amide bonds. The number of H-pyrrole nitrogens is 1. The third-order valence-corrected chi connectivity index (χ3v) is 6.12. The first-order valence-electron chi connectivity index (χ1n) is 6.32. The summed E-state index contributed by atoms with van der Waals surface area (Å²) in [5.41, 5.74) is -0.0642. The van der Waals surface area contributed by atoms with E-state index in [0.717, 1.165) is 0 Å². The van der Waals surface area contributed by atoms with Crippen LogP contribution in [0.1, 0.15) is 0 Å². The van der Waals surface area contributed by atoms with Crippen LogP contribution in [0.2, 0.25) is 10.0 Å². The molecule has 0 atom stereocenters. The van der Waals surface area contributed by atoms with Gasteiger partial charge in [0.2, 0.25) is 0 Å². The fourth-order valence-corrected chi connectivity index (χ4v) is 4.00. The van der Waals surface area contributed by atoms with Gasteiger partial charge in [0.25, 0.3) is 10.0 Å². The molecule has 1 heterocycles. The van der Waals surface area contributed by atoms with Crippen LogP contribution in [0, 0.1) is 11.6 Å². The molecule has 10 heteroatoms. The number of anilines is 1. The van der Waals surface area contributed by atoms with Crippen molar-refractivity contribution in [3.63, 3.8) is 0 Å². The molecule has 4 nitrogen and oxygen atoms in total. The van der Waals surface area contributed by atoms with Crippen LogP contribution in [0.3, 0.4) is 0 Å². The van der Waals surface area contributed by atoms with Gasteiger partial charge in [-0.3, -0.25) is 4.72 Å². The quantitative estimate of drug-likeness (QED) is 0.525. The predicted octanol–water partition coefficient (Wildman–Crippen LogP) is 5.32. The molecule has 126 valence electrons. The number of rotatable bonds is 3. The molecule has 0 radical (unpaired) electrons. The zero-order valence-corrected chi connectivity index (χ0v) is 15.4. The van der Waals surface area contributed by atoms with Gasteiger partial charge in [-0.05, 0) is 34.1 Å². The lowest BCUT2D eigenvalue weighted by atomic mass is 10.2. The van der Waals surface area contributed by atoms with Crippen molar-refractivity contribution in [2.75, 3.05) is 4.72 Å². The number of nitrogens with one attached hydrogen (secondary N) is 2. The first kappa shape index (κ1) is 17.5. The van der Waals surface area contributed by atoms with Gasteiger partial charge in [-0.15, -0.1) is 0 Å². The Morgan fingerprint density at radius 3 is 2.46 bits per heavy atom. The molecule has 0 saturated heterocycles. The lowest BCUT2D eigenvalue weighted by Crippen LogP contribution is -2.14.